The zero-order chi connectivity index (χ0) is 17.6. The number of ether oxygens (including phenoxy) is 1. The average molecular weight is 344 g/mol. The van der Waals surface area contributed by atoms with E-state index in [1.165, 1.54) is 17.9 Å². The van der Waals surface area contributed by atoms with Crippen molar-refractivity contribution in [2.24, 2.45) is 16.8 Å². The van der Waals surface area contributed by atoms with Gasteiger partial charge in [-0.1, -0.05) is 18.2 Å². The molecule has 1 aromatic rings. The predicted molar refractivity (Wildman–Crippen MR) is 95.1 cm³/mol. The van der Waals surface area contributed by atoms with E-state index >= 15 is 0 Å². The van der Waals surface area contributed by atoms with Gasteiger partial charge in [0.25, 0.3) is 5.91 Å². The number of nitrogens with one attached hydrogen (secondary N) is 1. The number of anilines is 1. The Morgan fingerprint density at radius 3 is 2.72 bits per heavy atom. The van der Waals surface area contributed by atoms with E-state index in [1.807, 2.05) is 30.3 Å². The van der Waals surface area contributed by atoms with Crippen LogP contribution in [0.25, 0.3) is 0 Å². The van der Waals surface area contributed by atoms with Gasteiger partial charge in [-0.05, 0) is 37.3 Å². The molecular weight excluding hydrogens is 320 g/mol. The van der Waals surface area contributed by atoms with Crippen molar-refractivity contribution < 1.29 is 14.3 Å². The maximum Gasteiger partial charge on any atom is 0.267 e. The summed E-state index contributed by atoms with van der Waals surface area (Å²) in [5, 5.41) is 8.67. The Morgan fingerprint density at radius 2 is 2.04 bits per heavy atom. The Morgan fingerprint density at radius 1 is 1.28 bits per heavy atom. The first-order valence-corrected chi connectivity index (χ1v) is 8.72. The number of benzene rings is 1. The zero-order valence-corrected chi connectivity index (χ0v) is 14.2. The van der Waals surface area contributed by atoms with E-state index in [4.69, 9.17) is 10.5 Å². The van der Waals surface area contributed by atoms with E-state index in [9.17, 15) is 9.59 Å². The third-order valence-corrected chi connectivity index (χ3v) is 4.32. The third-order valence-electron chi connectivity index (χ3n) is 4.32. The van der Waals surface area contributed by atoms with Crippen LogP contribution in [0.1, 0.15) is 25.7 Å². The summed E-state index contributed by atoms with van der Waals surface area (Å²) >= 11 is 0. The first-order chi connectivity index (χ1) is 12.1. The van der Waals surface area contributed by atoms with Crippen molar-refractivity contribution >= 4 is 23.2 Å². The van der Waals surface area contributed by atoms with Gasteiger partial charge in [0, 0.05) is 26.2 Å². The summed E-state index contributed by atoms with van der Waals surface area (Å²) < 4.78 is 5.54. The monoisotopic (exact) mass is 344 g/mol. The van der Waals surface area contributed by atoms with Gasteiger partial charge in [0.15, 0.2) is 0 Å². The first kappa shape index (κ1) is 17.4. The molecule has 1 aliphatic heterocycles. The summed E-state index contributed by atoms with van der Waals surface area (Å²) in [5.74, 6) is -0.00658. The standard InChI is InChI=1S/C18H24N4O3/c19-17(23)16-11-15(21-22(16)14-5-2-1-3-6-14)18(24)20-9-4-10-25-12-13-7-8-13/h1-3,5-6,13,16H,4,7-12H2,(H2,19,23)(H,20,24)/t16-/m1/s1. The summed E-state index contributed by atoms with van der Waals surface area (Å²) in [6, 6.07) is 8.60. The molecule has 0 aromatic heterocycles. The number of para-hydroxylation sites is 1. The van der Waals surface area contributed by atoms with Crippen LogP contribution in [0.2, 0.25) is 0 Å². The summed E-state index contributed by atoms with van der Waals surface area (Å²) in [7, 11) is 0. The van der Waals surface area contributed by atoms with E-state index in [0.29, 0.717) is 18.9 Å². The molecule has 0 spiro atoms. The number of primary amides is 1. The summed E-state index contributed by atoms with van der Waals surface area (Å²) in [4.78, 5) is 24.0. The SMILES string of the molecule is NC(=O)[C@H]1CC(C(=O)NCCCOCC2CC2)=NN1c1ccccc1. The normalized spacial score (nSPS) is 19.6. The van der Waals surface area contributed by atoms with Crippen molar-refractivity contribution in [1.29, 1.82) is 0 Å². The Bertz CT molecular complexity index is 643. The second-order valence-corrected chi connectivity index (χ2v) is 6.48. The lowest BCUT2D eigenvalue weighted by Crippen LogP contribution is -2.40. The Kier molecular flexibility index (Phi) is 5.65. The van der Waals surface area contributed by atoms with Gasteiger partial charge in [0.2, 0.25) is 5.91 Å². The number of nitrogens with zero attached hydrogens (tertiary/aromatic N) is 2. The van der Waals surface area contributed by atoms with Crippen LogP contribution in [0.3, 0.4) is 0 Å². The van der Waals surface area contributed by atoms with Crippen molar-refractivity contribution in [3.05, 3.63) is 30.3 Å². The summed E-state index contributed by atoms with van der Waals surface area (Å²) in [5.41, 5.74) is 6.53. The molecule has 3 rings (SSSR count). The molecule has 0 radical (unpaired) electrons. The van der Waals surface area contributed by atoms with Crippen molar-refractivity contribution in [3.63, 3.8) is 0 Å². The molecule has 1 fully saturated rings. The molecule has 3 N–H and O–H groups in total. The second kappa shape index (κ2) is 8.11. The molecule has 7 heteroatoms. The summed E-state index contributed by atoms with van der Waals surface area (Å²) in [6.07, 6.45) is 3.52. The lowest BCUT2D eigenvalue weighted by Gasteiger charge is -2.20. The molecule has 1 aliphatic carbocycles. The molecule has 1 saturated carbocycles. The van der Waals surface area contributed by atoms with E-state index in [2.05, 4.69) is 10.4 Å². The molecule has 7 nitrogen and oxygen atoms in total. The molecule has 25 heavy (non-hydrogen) atoms. The zero-order valence-electron chi connectivity index (χ0n) is 14.2. The Labute approximate surface area is 147 Å². The van der Waals surface area contributed by atoms with E-state index in [-0.39, 0.29) is 12.3 Å². The number of hydrogen-bond acceptors (Lipinski definition) is 5. The van der Waals surface area contributed by atoms with E-state index in [1.54, 1.807) is 0 Å². The number of nitrogens with two attached hydrogens (primary N) is 1. The fourth-order valence-corrected chi connectivity index (χ4v) is 2.70. The van der Waals surface area contributed by atoms with Crippen molar-refractivity contribution in [3.8, 4) is 0 Å². The van der Waals surface area contributed by atoms with Crippen LogP contribution in [0.4, 0.5) is 5.69 Å². The molecule has 2 aliphatic rings. The number of hydrogen-bond donors (Lipinski definition) is 2. The van der Waals surface area contributed by atoms with E-state index < -0.39 is 11.9 Å². The molecule has 0 saturated heterocycles. The van der Waals surface area contributed by atoms with Gasteiger partial charge in [-0.15, -0.1) is 0 Å². The van der Waals surface area contributed by atoms with Gasteiger partial charge in [-0.3, -0.25) is 14.6 Å². The highest BCUT2D eigenvalue weighted by molar-refractivity contribution is 6.40. The van der Waals surface area contributed by atoms with Gasteiger partial charge in [-0.25, -0.2) is 0 Å². The van der Waals surface area contributed by atoms with Gasteiger partial charge < -0.3 is 15.8 Å². The predicted octanol–water partition coefficient (Wildman–Crippen LogP) is 1.04. The molecular formula is C18H24N4O3. The smallest absolute Gasteiger partial charge is 0.267 e. The second-order valence-electron chi connectivity index (χ2n) is 6.48. The lowest BCUT2D eigenvalue weighted by molar-refractivity contribution is -0.119. The molecule has 0 bridgehead atoms. The number of carbonyl (C=O) groups excluding carboxylic acids is 2. The number of amides is 2. The van der Waals surface area contributed by atoms with Crippen molar-refractivity contribution in [2.45, 2.75) is 31.7 Å². The highest BCUT2D eigenvalue weighted by atomic mass is 16.5. The lowest BCUT2D eigenvalue weighted by atomic mass is 10.1. The van der Waals surface area contributed by atoms with E-state index in [0.717, 1.165) is 24.6 Å². The highest BCUT2D eigenvalue weighted by Crippen LogP contribution is 2.28. The van der Waals surface area contributed by atoms with Crippen LogP contribution < -0.4 is 16.1 Å². The molecule has 1 atom stereocenters. The summed E-state index contributed by atoms with van der Waals surface area (Å²) in [6.45, 7) is 1.99. The van der Waals surface area contributed by atoms with Gasteiger partial charge >= 0.3 is 0 Å². The molecule has 1 aromatic carbocycles. The van der Waals surface area contributed by atoms with Gasteiger partial charge in [-0.2, -0.15) is 5.10 Å². The Hall–Kier alpha value is -2.41. The average Bonchev–Trinajstić information content (AvgIpc) is 3.33. The number of hydrazone groups is 1. The highest BCUT2D eigenvalue weighted by Gasteiger charge is 2.34. The van der Waals surface area contributed by atoms with Crippen LogP contribution in [0.15, 0.2) is 35.4 Å². The Balaban J connectivity index is 1.50. The van der Waals surface area contributed by atoms with Gasteiger partial charge in [0.05, 0.1) is 5.69 Å². The maximum atomic E-state index is 12.3. The van der Waals surface area contributed by atoms with Crippen LogP contribution in [0.5, 0.6) is 0 Å². The molecule has 134 valence electrons. The molecule has 0 unspecified atom stereocenters. The van der Waals surface area contributed by atoms with Crippen molar-refractivity contribution in [1.82, 2.24) is 5.32 Å². The fraction of sp³-hybridized carbons (Fsp3) is 0.500. The largest absolute Gasteiger partial charge is 0.381 e. The maximum absolute atomic E-state index is 12.3. The number of carbonyl (C=O) groups is 2. The minimum atomic E-state index is -0.634. The topological polar surface area (TPSA) is 97.0 Å². The third kappa shape index (κ3) is 4.79. The minimum absolute atomic E-state index is 0.217. The van der Waals surface area contributed by atoms with Crippen LogP contribution in [0, 0.1) is 5.92 Å². The minimum Gasteiger partial charge on any atom is -0.381 e. The number of rotatable bonds is 9. The fourth-order valence-electron chi connectivity index (χ4n) is 2.70. The van der Waals surface area contributed by atoms with Crippen molar-refractivity contribution in [2.75, 3.05) is 24.8 Å². The quantitative estimate of drug-likeness (QED) is 0.654. The van der Waals surface area contributed by atoms with Crippen LogP contribution in [-0.2, 0) is 14.3 Å². The van der Waals surface area contributed by atoms with Crippen LogP contribution >= 0.6 is 0 Å². The molecule has 2 amide bonds. The van der Waals surface area contributed by atoms with Gasteiger partial charge in [0.1, 0.15) is 11.8 Å². The van der Waals surface area contributed by atoms with Crippen LogP contribution in [-0.4, -0.2) is 43.3 Å². The molecule has 1 heterocycles. The first-order valence-electron chi connectivity index (χ1n) is 8.72.